The number of rotatable bonds is 4. The predicted octanol–water partition coefficient (Wildman–Crippen LogP) is 12.4. The molecular formula is C55H37BN2O2. The lowest BCUT2D eigenvalue weighted by molar-refractivity contribution is 0.465. The van der Waals surface area contributed by atoms with E-state index in [1.54, 1.807) is 0 Å². The largest absolute Gasteiger partial charge is 0.458 e. The summed E-state index contributed by atoms with van der Waals surface area (Å²) < 4.78 is 16.1. The third-order valence-corrected chi connectivity index (χ3v) is 13.2. The van der Waals surface area contributed by atoms with Crippen molar-refractivity contribution in [2.45, 2.75) is 19.3 Å². The highest BCUT2D eigenvalue weighted by molar-refractivity contribution is 6.98. The topological polar surface area (TPSA) is 26.6 Å². The predicted molar refractivity (Wildman–Crippen MR) is 248 cm³/mol. The van der Waals surface area contributed by atoms with Gasteiger partial charge in [0.15, 0.2) is 0 Å². The van der Waals surface area contributed by atoms with Crippen molar-refractivity contribution in [1.82, 2.24) is 4.57 Å². The van der Waals surface area contributed by atoms with Crippen LogP contribution in [0.25, 0.3) is 49.4 Å². The second-order valence-electron chi connectivity index (χ2n) is 16.9. The van der Waals surface area contributed by atoms with E-state index in [1.165, 1.54) is 54.9 Å². The molecule has 0 amide bonds. The molecule has 0 radical (unpaired) electrons. The van der Waals surface area contributed by atoms with Gasteiger partial charge in [-0.05, 0) is 135 Å². The maximum absolute atomic E-state index is 6.87. The number of ether oxygens (including phenoxy) is 2. The molecule has 4 nitrogen and oxygen atoms in total. The molecule has 0 bridgehead atoms. The Hall–Kier alpha value is -7.50. The first kappa shape index (κ1) is 33.5. The van der Waals surface area contributed by atoms with Gasteiger partial charge in [-0.1, -0.05) is 111 Å². The van der Waals surface area contributed by atoms with E-state index in [-0.39, 0.29) is 12.1 Å². The minimum Gasteiger partial charge on any atom is -0.458 e. The maximum Gasteiger partial charge on any atom is 0.260 e. The molecular weight excluding hydrogens is 731 g/mol. The van der Waals surface area contributed by atoms with Gasteiger partial charge in [0.1, 0.15) is 23.0 Å². The highest BCUT2D eigenvalue weighted by Gasteiger charge is 2.44. The summed E-state index contributed by atoms with van der Waals surface area (Å²) in [5.41, 5.74) is 15.2. The molecule has 282 valence electrons. The average molecular weight is 769 g/mol. The SMILES string of the molecule is CC1(C)c2cc(N(c3ccccc3)c3ccccc3)ccc2-c2cc3c(cc21)B1c2cc4cc5c6ccccc6n(-c6ccccc6)c5cc4cc2Oc2cccc(c21)O3. The molecule has 0 saturated heterocycles. The Labute approximate surface area is 348 Å². The van der Waals surface area contributed by atoms with Crippen LogP contribution >= 0.6 is 0 Å². The molecule has 3 heterocycles. The third kappa shape index (κ3) is 4.69. The third-order valence-electron chi connectivity index (χ3n) is 13.2. The summed E-state index contributed by atoms with van der Waals surface area (Å²) in [6.45, 7) is 4.69. The minimum atomic E-state index is -0.259. The molecule has 3 aliphatic rings. The Morgan fingerprint density at radius 3 is 1.80 bits per heavy atom. The lowest BCUT2D eigenvalue weighted by Gasteiger charge is -2.34. The molecule has 9 aromatic carbocycles. The van der Waals surface area contributed by atoms with Crippen molar-refractivity contribution in [2.24, 2.45) is 0 Å². The van der Waals surface area contributed by atoms with E-state index in [4.69, 9.17) is 9.47 Å². The van der Waals surface area contributed by atoms with Crippen molar-refractivity contribution in [2.75, 3.05) is 4.90 Å². The van der Waals surface area contributed by atoms with Gasteiger partial charge in [-0.25, -0.2) is 0 Å². The Morgan fingerprint density at radius 1 is 0.450 bits per heavy atom. The van der Waals surface area contributed by atoms with Crippen molar-refractivity contribution >= 4 is 72.7 Å². The Bertz CT molecular complexity index is 3370. The lowest BCUT2D eigenvalue weighted by atomic mass is 9.34. The monoisotopic (exact) mass is 768 g/mol. The highest BCUT2D eigenvalue weighted by atomic mass is 16.5. The van der Waals surface area contributed by atoms with E-state index >= 15 is 0 Å². The first-order valence-corrected chi connectivity index (χ1v) is 20.8. The summed E-state index contributed by atoms with van der Waals surface area (Å²) in [7, 11) is 0. The smallest absolute Gasteiger partial charge is 0.260 e. The van der Waals surface area contributed by atoms with Crippen LogP contribution < -0.4 is 30.8 Å². The minimum absolute atomic E-state index is 0.0542. The lowest BCUT2D eigenvalue weighted by Crippen LogP contribution is -2.57. The molecule has 5 heteroatoms. The van der Waals surface area contributed by atoms with E-state index in [0.29, 0.717) is 0 Å². The van der Waals surface area contributed by atoms with Gasteiger partial charge in [-0.15, -0.1) is 0 Å². The van der Waals surface area contributed by atoms with Crippen molar-refractivity contribution in [1.29, 1.82) is 0 Å². The quantitative estimate of drug-likeness (QED) is 0.167. The van der Waals surface area contributed by atoms with Crippen LogP contribution in [0.15, 0.2) is 188 Å². The maximum atomic E-state index is 6.87. The number of para-hydroxylation sites is 4. The number of hydrogen-bond donors (Lipinski definition) is 0. The fourth-order valence-corrected chi connectivity index (χ4v) is 10.5. The fraction of sp³-hybridized carbons (Fsp3) is 0.0545. The zero-order chi connectivity index (χ0) is 39.7. The van der Waals surface area contributed by atoms with E-state index in [9.17, 15) is 0 Å². The molecule has 0 N–H and O–H groups in total. The van der Waals surface area contributed by atoms with Crippen molar-refractivity contribution in [3.05, 3.63) is 199 Å². The highest BCUT2D eigenvalue weighted by Crippen LogP contribution is 2.52. The number of nitrogens with zero attached hydrogens (tertiary/aromatic N) is 2. The van der Waals surface area contributed by atoms with Crippen LogP contribution in [0.4, 0.5) is 17.1 Å². The van der Waals surface area contributed by atoms with Crippen LogP contribution in [0.5, 0.6) is 23.0 Å². The van der Waals surface area contributed by atoms with Crippen molar-refractivity contribution in [3.8, 4) is 39.8 Å². The number of anilines is 3. The number of benzene rings is 9. The van der Waals surface area contributed by atoms with E-state index in [1.807, 2.05) is 6.07 Å². The molecule has 0 saturated carbocycles. The number of aromatic nitrogens is 1. The Balaban J connectivity index is 0.978. The Kier molecular flexibility index (Phi) is 6.84. The molecule has 10 aromatic rings. The van der Waals surface area contributed by atoms with Crippen molar-refractivity contribution < 1.29 is 9.47 Å². The van der Waals surface area contributed by atoms with Crippen molar-refractivity contribution in [3.63, 3.8) is 0 Å². The van der Waals surface area contributed by atoms with Crippen LogP contribution in [0.3, 0.4) is 0 Å². The van der Waals surface area contributed by atoms with E-state index in [0.717, 1.165) is 62.1 Å². The molecule has 0 fully saturated rings. The molecule has 2 aliphatic heterocycles. The molecule has 60 heavy (non-hydrogen) atoms. The van der Waals surface area contributed by atoms with Crippen LogP contribution in [0, 0.1) is 0 Å². The number of fused-ring (bicyclic) bond motifs is 11. The van der Waals surface area contributed by atoms with Gasteiger partial charge < -0.3 is 18.9 Å². The van der Waals surface area contributed by atoms with Gasteiger partial charge >= 0.3 is 0 Å². The standard InChI is InChI=1S/C55H37BN2O2/c1-55(2)44-31-39(57(36-15-6-3-7-16-36)37-17-8-4-9-18-37)25-26-40(44)42-32-53-47(33-45(42)55)56-46-28-34-27-43-41-21-12-13-22-48(41)58(38-19-10-5-11-20-38)49(43)29-35(34)30-52(46)59-50-23-14-24-51(60-53)54(50)56/h3-33H,1-2H3. The first-order chi connectivity index (χ1) is 29.5. The molecule has 1 aromatic heterocycles. The molecule has 0 spiro atoms. The zero-order valence-corrected chi connectivity index (χ0v) is 33.2. The number of hydrogen-bond acceptors (Lipinski definition) is 3. The van der Waals surface area contributed by atoms with Crippen LogP contribution in [-0.4, -0.2) is 11.3 Å². The molecule has 0 atom stereocenters. The van der Waals surface area contributed by atoms with Gasteiger partial charge in [0, 0.05) is 44.4 Å². The summed E-state index contributed by atoms with van der Waals surface area (Å²) in [5, 5.41) is 4.82. The summed E-state index contributed by atoms with van der Waals surface area (Å²) in [6.07, 6.45) is 0. The summed E-state index contributed by atoms with van der Waals surface area (Å²) in [4.78, 5) is 2.35. The zero-order valence-electron chi connectivity index (χ0n) is 33.2. The normalized spacial score (nSPS) is 13.9. The molecule has 0 unspecified atom stereocenters. The second kappa shape index (κ2) is 12.3. The average Bonchev–Trinajstić information content (AvgIpc) is 3.72. The first-order valence-electron chi connectivity index (χ1n) is 20.8. The van der Waals surface area contributed by atoms with Gasteiger partial charge in [0.05, 0.1) is 11.0 Å². The van der Waals surface area contributed by atoms with E-state index in [2.05, 4.69) is 205 Å². The Morgan fingerprint density at radius 2 is 1.07 bits per heavy atom. The van der Waals surface area contributed by atoms with Crippen LogP contribution in [0.1, 0.15) is 25.0 Å². The summed E-state index contributed by atoms with van der Waals surface area (Å²) in [6, 6.07) is 67.9. The van der Waals surface area contributed by atoms with Crippen LogP contribution in [0.2, 0.25) is 0 Å². The molecule has 13 rings (SSSR count). The summed E-state index contributed by atoms with van der Waals surface area (Å²) >= 11 is 0. The van der Waals surface area contributed by atoms with Gasteiger partial charge in [0.2, 0.25) is 0 Å². The van der Waals surface area contributed by atoms with E-state index < -0.39 is 0 Å². The van der Waals surface area contributed by atoms with Crippen LogP contribution in [-0.2, 0) is 5.41 Å². The summed E-state index contributed by atoms with van der Waals surface area (Å²) in [5.74, 6) is 3.50. The second-order valence-corrected chi connectivity index (χ2v) is 16.9. The fourth-order valence-electron chi connectivity index (χ4n) is 10.5. The molecule has 1 aliphatic carbocycles. The van der Waals surface area contributed by atoms with Gasteiger partial charge in [-0.3, -0.25) is 0 Å². The van der Waals surface area contributed by atoms with Gasteiger partial charge in [-0.2, -0.15) is 0 Å². The van der Waals surface area contributed by atoms with Gasteiger partial charge in [0.25, 0.3) is 6.71 Å².